The third kappa shape index (κ3) is 5.13. The molecule has 0 saturated heterocycles. The van der Waals surface area contributed by atoms with Gasteiger partial charge in [-0.1, -0.05) is 0 Å². The summed E-state index contributed by atoms with van der Waals surface area (Å²) >= 11 is 0. The molecule has 0 aliphatic heterocycles. The highest BCUT2D eigenvalue weighted by Crippen LogP contribution is 2.27. The maximum absolute atomic E-state index is 12.2. The number of benzene rings is 2. The van der Waals surface area contributed by atoms with Gasteiger partial charge in [0.15, 0.2) is 19.7 Å². The minimum atomic E-state index is -4.64. The zero-order valence-corrected chi connectivity index (χ0v) is 17.2. The van der Waals surface area contributed by atoms with E-state index in [1.54, 1.807) is 0 Å². The highest BCUT2D eigenvalue weighted by Gasteiger charge is 2.16. The molecule has 0 N–H and O–H groups in total. The topological polar surface area (TPSA) is 151 Å². The summed E-state index contributed by atoms with van der Waals surface area (Å²) in [6.07, 6.45) is 1.87. The Kier molecular flexibility index (Phi) is 5.56. The van der Waals surface area contributed by atoms with Crippen molar-refractivity contribution in [3.05, 3.63) is 52.7 Å². The zero-order valence-electron chi connectivity index (χ0n) is 14.0. The number of hydrogen-bond donors (Lipinski definition) is 0. The number of sulfonamides is 2. The molecule has 2 rings (SSSR count). The summed E-state index contributed by atoms with van der Waals surface area (Å²) in [4.78, 5) is -1.29. The van der Waals surface area contributed by atoms with Crippen molar-refractivity contribution >= 4 is 39.7 Å². The first-order valence-electron chi connectivity index (χ1n) is 6.97. The molecule has 9 nitrogen and oxygen atoms in total. The Morgan fingerprint density at radius 2 is 0.704 bits per heavy atom. The zero-order chi connectivity index (χ0) is 20.7. The quantitative estimate of drug-likeness (QED) is 0.628. The predicted molar refractivity (Wildman–Crippen MR) is 96.8 cm³/mol. The molecule has 2 aromatic carbocycles. The molecule has 0 fully saturated rings. The summed E-state index contributed by atoms with van der Waals surface area (Å²) in [5, 5.41) is 0. The Morgan fingerprint density at radius 3 is 0.926 bits per heavy atom. The Morgan fingerprint density at radius 1 is 0.481 bits per heavy atom. The maximum Gasteiger partial charge on any atom is 0.175 e. The fourth-order valence-electron chi connectivity index (χ4n) is 1.93. The van der Waals surface area contributed by atoms with Gasteiger partial charge in [0.1, 0.15) is 20.0 Å². The summed E-state index contributed by atoms with van der Waals surface area (Å²) in [6.45, 7) is 0. The van der Waals surface area contributed by atoms with Crippen LogP contribution in [0.4, 0.5) is 0 Å². The first-order chi connectivity index (χ1) is 12.1. The smallest absolute Gasteiger partial charge is 0.175 e. The number of sulfone groups is 2. The van der Waals surface area contributed by atoms with Crippen LogP contribution in [0.5, 0.6) is 0 Å². The molecular weight excluding hydrogens is 438 g/mol. The standard InChI is InChI=1S/C14H14NO8S4/c1-24(16,17)11-3-7-13(8-4-11)26(20,21)15-27(22,23)14-9-5-12(6-10-14)25(2,18)19/h3-10H,1-2H3/q-1. The summed E-state index contributed by atoms with van der Waals surface area (Å²) < 4.78 is 97.4. The average Bonchev–Trinajstić information content (AvgIpc) is 2.52. The van der Waals surface area contributed by atoms with Crippen molar-refractivity contribution in [3.63, 3.8) is 0 Å². The highest BCUT2D eigenvalue weighted by molar-refractivity contribution is 8.12. The van der Waals surface area contributed by atoms with Crippen LogP contribution in [0.2, 0.25) is 0 Å². The molecule has 2 aromatic rings. The highest BCUT2D eigenvalue weighted by atomic mass is 32.3. The Balaban J connectivity index is 2.36. The van der Waals surface area contributed by atoms with Crippen LogP contribution in [-0.4, -0.2) is 46.2 Å². The molecule has 0 amide bonds. The number of rotatable bonds is 6. The average molecular weight is 453 g/mol. The van der Waals surface area contributed by atoms with E-state index < -0.39 is 49.5 Å². The molecule has 27 heavy (non-hydrogen) atoms. The second-order valence-corrected chi connectivity index (χ2v) is 13.0. The van der Waals surface area contributed by atoms with Crippen LogP contribution in [-0.2, 0) is 39.7 Å². The molecule has 0 unspecified atom stereocenters. The molecular formula is C14H14NO8S4-. The van der Waals surface area contributed by atoms with Gasteiger partial charge in [-0.3, -0.25) is 0 Å². The first-order valence-corrected chi connectivity index (χ1v) is 13.6. The Hall–Kier alpha value is -1.80. The second-order valence-electron chi connectivity index (χ2n) is 5.51. The molecule has 13 heteroatoms. The normalized spacial score (nSPS) is 13.4. The molecule has 0 spiro atoms. The van der Waals surface area contributed by atoms with E-state index in [4.69, 9.17) is 0 Å². The SMILES string of the molecule is CS(=O)(=O)c1ccc(S(=O)(=O)[N-]S(=O)(=O)c2ccc(S(C)(=O)=O)cc2)cc1. The van der Waals surface area contributed by atoms with Crippen molar-refractivity contribution in [3.8, 4) is 0 Å². The van der Waals surface area contributed by atoms with Gasteiger partial charge in [0.2, 0.25) is 0 Å². The third-order valence-corrected chi connectivity index (χ3v) is 8.86. The third-order valence-electron chi connectivity index (χ3n) is 3.30. The minimum absolute atomic E-state index is 0.138. The summed E-state index contributed by atoms with van der Waals surface area (Å²) in [7, 11) is -16.4. The lowest BCUT2D eigenvalue weighted by Gasteiger charge is -2.21. The molecule has 0 bridgehead atoms. The maximum atomic E-state index is 12.2. The largest absolute Gasteiger partial charge is 0.428 e. The van der Waals surface area contributed by atoms with E-state index in [0.717, 1.165) is 61.0 Å². The number of hydrogen-bond acceptors (Lipinski definition) is 8. The van der Waals surface area contributed by atoms with Crippen LogP contribution in [0.15, 0.2) is 68.1 Å². The van der Waals surface area contributed by atoms with E-state index in [2.05, 4.69) is 4.13 Å². The van der Waals surface area contributed by atoms with E-state index in [-0.39, 0.29) is 9.79 Å². The van der Waals surface area contributed by atoms with Gasteiger partial charge >= 0.3 is 0 Å². The van der Waals surface area contributed by atoms with Gasteiger partial charge in [-0.05, 0) is 48.5 Å². The van der Waals surface area contributed by atoms with Crippen LogP contribution >= 0.6 is 0 Å². The van der Waals surface area contributed by atoms with E-state index in [1.807, 2.05) is 0 Å². The van der Waals surface area contributed by atoms with Crippen LogP contribution < -0.4 is 0 Å². The second kappa shape index (κ2) is 6.98. The predicted octanol–water partition coefficient (Wildman–Crippen LogP) is 0.945. The minimum Gasteiger partial charge on any atom is -0.428 e. The lowest BCUT2D eigenvalue weighted by molar-refractivity contribution is 0.592. The molecule has 0 aliphatic rings. The van der Waals surface area contributed by atoms with Gasteiger partial charge in [-0.15, -0.1) is 0 Å². The molecule has 0 aliphatic carbocycles. The van der Waals surface area contributed by atoms with Crippen molar-refractivity contribution in [1.29, 1.82) is 0 Å². The van der Waals surface area contributed by atoms with Crippen LogP contribution in [0, 0.1) is 0 Å². The van der Waals surface area contributed by atoms with Crippen LogP contribution in [0.1, 0.15) is 0 Å². The Bertz CT molecular complexity index is 1170. The molecule has 0 atom stereocenters. The number of nitrogens with zero attached hydrogens (tertiary/aromatic N) is 1. The molecule has 0 radical (unpaired) electrons. The van der Waals surface area contributed by atoms with E-state index in [0.29, 0.717) is 0 Å². The summed E-state index contributed by atoms with van der Waals surface area (Å²) in [5.41, 5.74) is 0. The van der Waals surface area contributed by atoms with Crippen molar-refractivity contribution < 1.29 is 33.7 Å². The molecule has 0 heterocycles. The van der Waals surface area contributed by atoms with Gasteiger partial charge in [0, 0.05) is 22.3 Å². The fraction of sp³-hybridized carbons (Fsp3) is 0.143. The van der Waals surface area contributed by atoms with Crippen molar-refractivity contribution in [1.82, 2.24) is 0 Å². The monoisotopic (exact) mass is 452 g/mol. The van der Waals surface area contributed by atoms with Gasteiger partial charge < -0.3 is 4.13 Å². The first kappa shape index (κ1) is 21.5. The molecule has 148 valence electrons. The van der Waals surface area contributed by atoms with Crippen molar-refractivity contribution in [2.24, 2.45) is 0 Å². The Labute approximate surface area is 158 Å². The fourth-order valence-corrected chi connectivity index (χ4v) is 5.88. The summed E-state index contributed by atoms with van der Waals surface area (Å²) in [6, 6.07) is 7.79. The summed E-state index contributed by atoms with van der Waals surface area (Å²) in [5.74, 6) is 0. The van der Waals surface area contributed by atoms with E-state index in [9.17, 15) is 33.7 Å². The van der Waals surface area contributed by atoms with Gasteiger partial charge in [0.25, 0.3) is 0 Å². The lowest BCUT2D eigenvalue weighted by Crippen LogP contribution is -2.09. The van der Waals surface area contributed by atoms with Crippen molar-refractivity contribution in [2.75, 3.05) is 12.5 Å². The van der Waals surface area contributed by atoms with E-state index in [1.165, 1.54) is 0 Å². The van der Waals surface area contributed by atoms with Gasteiger partial charge in [-0.2, -0.15) is 0 Å². The molecule has 0 saturated carbocycles. The lowest BCUT2D eigenvalue weighted by atomic mass is 10.4. The van der Waals surface area contributed by atoms with Crippen LogP contribution in [0.3, 0.4) is 0 Å². The van der Waals surface area contributed by atoms with Crippen LogP contribution in [0.25, 0.3) is 4.13 Å². The molecule has 0 aromatic heterocycles. The van der Waals surface area contributed by atoms with Gasteiger partial charge in [0.05, 0.1) is 9.79 Å². The van der Waals surface area contributed by atoms with E-state index >= 15 is 0 Å². The van der Waals surface area contributed by atoms with Gasteiger partial charge in [-0.25, -0.2) is 33.7 Å². The van der Waals surface area contributed by atoms with Crippen molar-refractivity contribution in [2.45, 2.75) is 19.6 Å².